The smallest absolute Gasteiger partial charge is 0.253 e. The molecule has 1 aliphatic carbocycles. The van der Waals surface area contributed by atoms with Gasteiger partial charge in [-0.1, -0.05) is 38.3 Å². The van der Waals surface area contributed by atoms with Gasteiger partial charge in [-0.25, -0.2) is 0 Å². The first kappa shape index (κ1) is 14.2. The van der Waals surface area contributed by atoms with Gasteiger partial charge in [-0.3, -0.25) is 4.79 Å². The zero-order valence-corrected chi connectivity index (χ0v) is 12.2. The van der Waals surface area contributed by atoms with Gasteiger partial charge in [0.15, 0.2) is 0 Å². The summed E-state index contributed by atoms with van der Waals surface area (Å²) in [5.41, 5.74) is 6.79. The van der Waals surface area contributed by atoms with Crippen molar-refractivity contribution in [3.05, 3.63) is 28.8 Å². The Hall–Kier alpha value is -1.22. The minimum Gasteiger partial charge on any atom is -0.398 e. The van der Waals surface area contributed by atoms with Crippen molar-refractivity contribution in [1.82, 2.24) is 5.32 Å². The van der Waals surface area contributed by atoms with Gasteiger partial charge in [0.25, 0.3) is 5.91 Å². The van der Waals surface area contributed by atoms with Gasteiger partial charge in [0, 0.05) is 16.8 Å². The zero-order valence-electron chi connectivity index (χ0n) is 11.4. The van der Waals surface area contributed by atoms with Gasteiger partial charge in [-0.2, -0.15) is 0 Å². The summed E-state index contributed by atoms with van der Waals surface area (Å²) in [7, 11) is 0. The molecule has 0 aliphatic heterocycles. The quantitative estimate of drug-likeness (QED) is 0.815. The van der Waals surface area contributed by atoms with E-state index < -0.39 is 0 Å². The van der Waals surface area contributed by atoms with Crippen LogP contribution in [0.3, 0.4) is 0 Å². The summed E-state index contributed by atoms with van der Waals surface area (Å²) in [6, 6.07) is 5.24. The highest BCUT2D eigenvalue weighted by molar-refractivity contribution is 6.31. The summed E-state index contributed by atoms with van der Waals surface area (Å²) >= 11 is 5.84. The van der Waals surface area contributed by atoms with E-state index in [4.69, 9.17) is 17.3 Å². The van der Waals surface area contributed by atoms with E-state index in [1.165, 1.54) is 12.8 Å². The van der Waals surface area contributed by atoms with Crippen LogP contribution in [0.5, 0.6) is 0 Å². The van der Waals surface area contributed by atoms with Crippen LogP contribution in [0, 0.1) is 11.8 Å². The number of halogens is 1. The molecular formula is C15H21ClN2O. The van der Waals surface area contributed by atoms with Crippen molar-refractivity contribution in [2.45, 2.75) is 39.2 Å². The predicted molar refractivity (Wildman–Crippen MR) is 79.3 cm³/mol. The molecule has 1 aromatic carbocycles. The zero-order chi connectivity index (χ0) is 14.0. The van der Waals surface area contributed by atoms with E-state index in [-0.39, 0.29) is 11.9 Å². The van der Waals surface area contributed by atoms with Crippen LogP contribution in [-0.4, -0.2) is 11.9 Å². The Kier molecular flexibility index (Phi) is 4.35. The van der Waals surface area contributed by atoms with Crippen molar-refractivity contribution in [2.24, 2.45) is 11.8 Å². The van der Waals surface area contributed by atoms with Gasteiger partial charge in [-0.15, -0.1) is 0 Å². The molecule has 1 saturated carbocycles. The second-order valence-corrected chi connectivity index (χ2v) is 6.02. The molecular weight excluding hydrogens is 260 g/mol. The maximum atomic E-state index is 12.3. The van der Waals surface area contributed by atoms with Crippen LogP contribution in [-0.2, 0) is 0 Å². The first-order valence-corrected chi connectivity index (χ1v) is 7.22. The molecule has 104 valence electrons. The molecule has 0 aromatic heterocycles. The van der Waals surface area contributed by atoms with Gasteiger partial charge in [0.05, 0.1) is 5.56 Å². The van der Waals surface area contributed by atoms with Crippen molar-refractivity contribution >= 4 is 23.2 Å². The van der Waals surface area contributed by atoms with Crippen LogP contribution in [0.1, 0.15) is 43.5 Å². The Labute approximate surface area is 119 Å². The van der Waals surface area contributed by atoms with E-state index in [1.807, 2.05) is 0 Å². The fourth-order valence-electron chi connectivity index (χ4n) is 2.77. The number of carbonyl (C=O) groups excluding carboxylic acids is 1. The number of rotatable bonds is 2. The Morgan fingerprint density at radius 2 is 2.11 bits per heavy atom. The molecule has 0 radical (unpaired) electrons. The minimum absolute atomic E-state index is 0.0971. The Morgan fingerprint density at radius 1 is 1.37 bits per heavy atom. The molecule has 3 unspecified atom stereocenters. The number of anilines is 1. The third-order valence-electron chi connectivity index (χ3n) is 4.28. The Balaban J connectivity index is 2.08. The van der Waals surface area contributed by atoms with Crippen molar-refractivity contribution in [3.8, 4) is 0 Å². The fourth-order valence-corrected chi connectivity index (χ4v) is 2.95. The molecule has 4 heteroatoms. The second-order valence-electron chi connectivity index (χ2n) is 5.58. The number of nitrogen functional groups attached to an aromatic ring is 1. The maximum absolute atomic E-state index is 12.3. The number of hydrogen-bond acceptors (Lipinski definition) is 2. The molecule has 3 atom stereocenters. The lowest BCUT2D eigenvalue weighted by Gasteiger charge is -2.34. The second kappa shape index (κ2) is 5.83. The van der Waals surface area contributed by atoms with E-state index in [0.717, 1.165) is 6.42 Å². The predicted octanol–water partition coefficient (Wildman–Crippen LogP) is 3.48. The van der Waals surface area contributed by atoms with Gasteiger partial charge in [-0.05, 0) is 36.5 Å². The van der Waals surface area contributed by atoms with Gasteiger partial charge < -0.3 is 11.1 Å². The molecule has 1 fully saturated rings. The summed E-state index contributed by atoms with van der Waals surface area (Å²) in [6.07, 6.45) is 3.47. The Morgan fingerprint density at radius 3 is 2.79 bits per heavy atom. The van der Waals surface area contributed by atoms with Crippen molar-refractivity contribution in [1.29, 1.82) is 0 Å². The third-order valence-corrected chi connectivity index (χ3v) is 4.52. The molecule has 2 rings (SSSR count). The topological polar surface area (TPSA) is 55.1 Å². The number of nitrogens with one attached hydrogen (secondary N) is 1. The van der Waals surface area contributed by atoms with E-state index in [1.54, 1.807) is 18.2 Å². The van der Waals surface area contributed by atoms with Crippen LogP contribution < -0.4 is 11.1 Å². The summed E-state index contributed by atoms with van der Waals surface area (Å²) in [5.74, 6) is 1.06. The molecule has 3 N–H and O–H groups in total. The van der Waals surface area contributed by atoms with Crippen LogP contribution >= 0.6 is 11.6 Å². The highest BCUT2D eigenvalue weighted by Crippen LogP contribution is 2.30. The van der Waals surface area contributed by atoms with Gasteiger partial charge in [0.2, 0.25) is 0 Å². The first-order valence-electron chi connectivity index (χ1n) is 6.85. The summed E-state index contributed by atoms with van der Waals surface area (Å²) in [5, 5.41) is 3.66. The lowest BCUT2D eigenvalue weighted by molar-refractivity contribution is 0.0892. The number of hydrogen-bond donors (Lipinski definition) is 2. The van der Waals surface area contributed by atoms with Gasteiger partial charge >= 0.3 is 0 Å². The molecule has 3 nitrogen and oxygen atoms in total. The monoisotopic (exact) mass is 280 g/mol. The summed E-state index contributed by atoms with van der Waals surface area (Å²) in [4.78, 5) is 12.3. The molecule has 0 spiro atoms. The molecule has 19 heavy (non-hydrogen) atoms. The number of nitrogens with two attached hydrogens (primary N) is 1. The summed E-state index contributed by atoms with van der Waals surface area (Å²) in [6.45, 7) is 4.46. The lowest BCUT2D eigenvalue weighted by Crippen LogP contribution is -2.43. The normalized spacial score (nSPS) is 27.0. The maximum Gasteiger partial charge on any atom is 0.253 e. The van der Waals surface area contributed by atoms with E-state index in [0.29, 0.717) is 28.1 Å². The Bertz CT molecular complexity index is 475. The average Bonchev–Trinajstić information content (AvgIpc) is 2.34. The van der Waals surface area contributed by atoms with E-state index in [9.17, 15) is 4.79 Å². The van der Waals surface area contributed by atoms with Crippen LogP contribution in [0.2, 0.25) is 5.02 Å². The number of amides is 1. The minimum atomic E-state index is -0.0971. The highest BCUT2D eigenvalue weighted by Gasteiger charge is 2.28. The molecule has 0 heterocycles. The molecule has 1 aliphatic rings. The molecule has 1 aromatic rings. The van der Waals surface area contributed by atoms with Crippen molar-refractivity contribution in [3.63, 3.8) is 0 Å². The summed E-state index contributed by atoms with van der Waals surface area (Å²) < 4.78 is 0. The number of carbonyl (C=O) groups is 1. The first-order chi connectivity index (χ1) is 8.99. The molecule has 1 amide bonds. The SMILES string of the molecule is CC1CCCC(NC(=O)c2ccc(Cl)cc2N)C1C. The van der Waals surface area contributed by atoms with Crippen LogP contribution in [0.4, 0.5) is 5.69 Å². The lowest BCUT2D eigenvalue weighted by atomic mass is 9.78. The van der Waals surface area contributed by atoms with E-state index >= 15 is 0 Å². The van der Waals surface area contributed by atoms with Crippen LogP contribution in [0.15, 0.2) is 18.2 Å². The third kappa shape index (κ3) is 3.21. The number of benzene rings is 1. The van der Waals surface area contributed by atoms with Crippen LogP contribution in [0.25, 0.3) is 0 Å². The molecule has 0 bridgehead atoms. The molecule has 0 saturated heterocycles. The van der Waals surface area contributed by atoms with E-state index in [2.05, 4.69) is 19.2 Å². The highest BCUT2D eigenvalue weighted by atomic mass is 35.5. The average molecular weight is 281 g/mol. The van der Waals surface area contributed by atoms with Gasteiger partial charge in [0.1, 0.15) is 0 Å². The standard InChI is InChI=1S/C15H21ClN2O/c1-9-4-3-5-14(10(9)2)18-15(19)12-7-6-11(16)8-13(12)17/h6-10,14H,3-5,17H2,1-2H3,(H,18,19). The fraction of sp³-hybridized carbons (Fsp3) is 0.533. The van der Waals surface area contributed by atoms with Crippen molar-refractivity contribution < 1.29 is 4.79 Å². The largest absolute Gasteiger partial charge is 0.398 e. The van der Waals surface area contributed by atoms with Crippen molar-refractivity contribution in [2.75, 3.05) is 5.73 Å².